The average Bonchev–Trinajstić information content (AvgIpc) is 2.37. The largest absolute Gasteiger partial charge is 0.490 e. The van der Waals surface area contributed by atoms with E-state index in [2.05, 4.69) is 20.8 Å². The van der Waals surface area contributed by atoms with E-state index in [0.717, 1.165) is 34.8 Å². The fourth-order valence-electron chi connectivity index (χ4n) is 3.30. The molecule has 4 heteroatoms. The number of nitrogen functional groups attached to an aromatic ring is 1. The Kier molecular flexibility index (Phi) is 5.57. The lowest BCUT2D eigenvalue weighted by molar-refractivity contribution is 0.101. The molecule has 1 saturated carbocycles. The lowest BCUT2D eigenvalue weighted by Crippen LogP contribution is -2.29. The lowest BCUT2D eigenvalue weighted by Gasteiger charge is -2.32. The molecule has 2 atom stereocenters. The maximum absolute atomic E-state index is 7.88. The van der Waals surface area contributed by atoms with Gasteiger partial charge in [0.2, 0.25) is 0 Å². The number of amidine groups is 1. The van der Waals surface area contributed by atoms with Crippen LogP contribution in [0.15, 0.2) is 23.1 Å². The Labute approximate surface area is 132 Å². The molecule has 21 heavy (non-hydrogen) atoms. The van der Waals surface area contributed by atoms with E-state index in [4.69, 9.17) is 15.9 Å². The monoisotopic (exact) mass is 306 g/mol. The predicted octanol–water partition coefficient (Wildman–Crippen LogP) is 4.29. The number of hydrogen-bond acceptors (Lipinski definition) is 3. The summed E-state index contributed by atoms with van der Waals surface area (Å²) in [7, 11) is 0. The highest BCUT2D eigenvalue weighted by molar-refractivity contribution is 7.99. The maximum atomic E-state index is 7.88. The molecule has 0 heterocycles. The number of rotatable bonds is 5. The summed E-state index contributed by atoms with van der Waals surface area (Å²) in [6.45, 7) is 6.69. The molecule has 2 rings (SSSR count). The van der Waals surface area contributed by atoms with Crippen molar-refractivity contribution in [3.63, 3.8) is 0 Å². The molecule has 1 aromatic carbocycles. The minimum atomic E-state index is 0.0958. The van der Waals surface area contributed by atoms with Gasteiger partial charge in [-0.3, -0.25) is 5.41 Å². The Morgan fingerprint density at radius 3 is 2.52 bits per heavy atom. The fourth-order valence-corrected chi connectivity index (χ4v) is 4.14. The van der Waals surface area contributed by atoms with Gasteiger partial charge in [-0.25, -0.2) is 0 Å². The van der Waals surface area contributed by atoms with Gasteiger partial charge < -0.3 is 10.5 Å². The maximum Gasteiger partial charge on any atom is 0.131 e. The molecule has 0 spiro atoms. The molecule has 0 aromatic heterocycles. The van der Waals surface area contributed by atoms with Crippen molar-refractivity contribution in [1.82, 2.24) is 0 Å². The van der Waals surface area contributed by atoms with Gasteiger partial charge in [-0.2, -0.15) is 0 Å². The third kappa shape index (κ3) is 4.16. The number of hydrogen-bond donors (Lipinski definition) is 2. The Bertz CT molecular complexity index is 494. The molecule has 2 unspecified atom stereocenters. The van der Waals surface area contributed by atoms with Crippen molar-refractivity contribution in [3.8, 4) is 5.75 Å². The number of nitrogens with two attached hydrogens (primary N) is 1. The lowest BCUT2D eigenvalue weighted by atomic mass is 9.82. The van der Waals surface area contributed by atoms with E-state index in [1.807, 2.05) is 18.2 Å². The molecule has 0 aliphatic heterocycles. The molecule has 1 aliphatic carbocycles. The first-order valence-electron chi connectivity index (χ1n) is 7.78. The predicted molar refractivity (Wildman–Crippen MR) is 90.5 cm³/mol. The van der Waals surface area contributed by atoms with Gasteiger partial charge in [0.25, 0.3) is 0 Å². The second-order valence-electron chi connectivity index (χ2n) is 6.13. The Hall–Kier alpha value is -1.16. The van der Waals surface area contributed by atoms with Gasteiger partial charge >= 0.3 is 0 Å². The van der Waals surface area contributed by atoms with Crippen molar-refractivity contribution in [2.45, 2.75) is 51.0 Å². The van der Waals surface area contributed by atoms with Crippen molar-refractivity contribution < 1.29 is 4.74 Å². The van der Waals surface area contributed by atoms with Crippen LogP contribution in [0.2, 0.25) is 0 Å². The molecule has 0 bridgehead atoms. The van der Waals surface area contributed by atoms with Crippen molar-refractivity contribution in [1.29, 1.82) is 5.41 Å². The zero-order valence-corrected chi connectivity index (χ0v) is 14.0. The molecule has 3 nitrogen and oxygen atoms in total. The molecule has 0 amide bonds. The van der Waals surface area contributed by atoms with E-state index in [9.17, 15) is 0 Å². The smallest absolute Gasteiger partial charge is 0.131 e. The Balaban J connectivity index is 2.22. The van der Waals surface area contributed by atoms with Crippen LogP contribution in [0.1, 0.15) is 45.6 Å². The zero-order valence-electron chi connectivity index (χ0n) is 13.2. The van der Waals surface area contributed by atoms with E-state index < -0.39 is 0 Å². The summed E-state index contributed by atoms with van der Waals surface area (Å²) in [5.41, 5.74) is 6.55. The normalized spacial score (nSPS) is 25.6. The van der Waals surface area contributed by atoms with Crippen molar-refractivity contribution in [2.24, 2.45) is 17.6 Å². The molecule has 0 radical (unpaired) electrons. The third-order valence-electron chi connectivity index (χ3n) is 3.99. The van der Waals surface area contributed by atoms with Gasteiger partial charge in [0, 0.05) is 4.90 Å². The minimum Gasteiger partial charge on any atom is -0.490 e. The number of benzene rings is 1. The summed E-state index contributed by atoms with van der Waals surface area (Å²) in [5.74, 6) is 3.23. The van der Waals surface area contributed by atoms with Gasteiger partial charge in [0.1, 0.15) is 11.6 Å². The van der Waals surface area contributed by atoms with E-state index in [-0.39, 0.29) is 11.9 Å². The second-order valence-corrected chi connectivity index (χ2v) is 7.44. The fraction of sp³-hybridized carbons (Fsp3) is 0.588. The van der Waals surface area contributed by atoms with Crippen LogP contribution in [0.3, 0.4) is 0 Å². The van der Waals surface area contributed by atoms with Crippen LogP contribution in [0.5, 0.6) is 5.75 Å². The highest BCUT2D eigenvalue weighted by atomic mass is 32.2. The summed E-state index contributed by atoms with van der Waals surface area (Å²) in [4.78, 5) is 1.04. The highest BCUT2D eigenvalue weighted by Gasteiger charge is 2.26. The van der Waals surface area contributed by atoms with E-state index in [1.165, 1.54) is 6.42 Å². The molecule has 0 saturated heterocycles. The molecule has 3 N–H and O–H groups in total. The third-order valence-corrected chi connectivity index (χ3v) is 4.93. The number of thioether (sulfide) groups is 1. The van der Waals surface area contributed by atoms with Crippen molar-refractivity contribution >= 4 is 17.6 Å². The Morgan fingerprint density at radius 1 is 1.29 bits per heavy atom. The number of nitrogens with one attached hydrogen (secondary N) is 1. The van der Waals surface area contributed by atoms with Gasteiger partial charge in [0.05, 0.1) is 11.7 Å². The second kappa shape index (κ2) is 7.21. The van der Waals surface area contributed by atoms with Gasteiger partial charge in [-0.1, -0.05) is 26.8 Å². The van der Waals surface area contributed by atoms with Crippen LogP contribution >= 0.6 is 11.8 Å². The van der Waals surface area contributed by atoms with Gasteiger partial charge in [-0.05, 0) is 49.0 Å². The first-order chi connectivity index (χ1) is 10.0. The average molecular weight is 306 g/mol. The van der Waals surface area contributed by atoms with Crippen LogP contribution < -0.4 is 10.5 Å². The van der Waals surface area contributed by atoms with Crippen molar-refractivity contribution in [3.05, 3.63) is 23.8 Å². The summed E-state index contributed by atoms with van der Waals surface area (Å²) in [5, 5.41) is 7.88. The Morgan fingerprint density at radius 2 is 1.95 bits per heavy atom. The van der Waals surface area contributed by atoms with Crippen LogP contribution in [-0.2, 0) is 0 Å². The van der Waals surface area contributed by atoms with Crippen LogP contribution in [-0.4, -0.2) is 17.7 Å². The highest BCUT2D eigenvalue weighted by Crippen LogP contribution is 2.35. The van der Waals surface area contributed by atoms with Gasteiger partial charge in [-0.15, -0.1) is 11.8 Å². The van der Waals surface area contributed by atoms with Crippen molar-refractivity contribution in [2.75, 3.05) is 5.75 Å². The molecular formula is C17H26N2OS. The molecular weight excluding hydrogens is 280 g/mol. The van der Waals surface area contributed by atoms with E-state index in [1.54, 1.807) is 11.8 Å². The van der Waals surface area contributed by atoms with E-state index >= 15 is 0 Å². The molecule has 1 aliphatic rings. The SMILES string of the molecule is CCSc1cccc(OC2CC(C)CC(C)C2)c1C(=N)N. The van der Waals surface area contributed by atoms with E-state index in [0.29, 0.717) is 11.8 Å². The minimum absolute atomic E-state index is 0.0958. The summed E-state index contributed by atoms with van der Waals surface area (Å²) in [6.07, 6.45) is 3.70. The molecule has 1 fully saturated rings. The molecule has 116 valence electrons. The first-order valence-corrected chi connectivity index (χ1v) is 8.76. The summed E-state index contributed by atoms with van der Waals surface area (Å²) >= 11 is 1.71. The number of ether oxygens (including phenoxy) is 1. The van der Waals surface area contributed by atoms with Crippen LogP contribution in [0.25, 0.3) is 0 Å². The summed E-state index contributed by atoms with van der Waals surface area (Å²) in [6, 6.07) is 5.96. The van der Waals surface area contributed by atoms with Crippen LogP contribution in [0.4, 0.5) is 0 Å². The topological polar surface area (TPSA) is 59.1 Å². The zero-order chi connectivity index (χ0) is 15.4. The quantitative estimate of drug-likeness (QED) is 0.485. The van der Waals surface area contributed by atoms with Crippen LogP contribution in [0, 0.1) is 17.2 Å². The molecule has 1 aromatic rings. The first kappa shape index (κ1) is 16.2. The van der Waals surface area contributed by atoms with Gasteiger partial charge in [0.15, 0.2) is 0 Å². The standard InChI is InChI=1S/C17H26N2OS/c1-4-21-15-7-5-6-14(16(15)17(18)19)20-13-9-11(2)8-12(3)10-13/h5-7,11-13H,4,8-10H2,1-3H3,(H3,18,19). The summed E-state index contributed by atoms with van der Waals surface area (Å²) < 4.78 is 6.24.